The zero-order chi connectivity index (χ0) is 8.23. The van der Waals surface area contributed by atoms with Gasteiger partial charge in [0.05, 0.1) is 6.54 Å². The first-order valence-corrected chi connectivity index (χ1v) is 3.96. The molecular weight excluding hydrogens is 150 g/mol. The van der Waals surface area contributed by atoms with E-state index in [9.17, 15) is 0 Å². The third kappa shape index (κ3) is 1.53. The summed E-state index contributed by atoms with van der Waals surface area (Å²) in [6.07, 6.45) is 3.76. The van der Waals surface area contributed by atoms with Gasteiger partial charge in [-0.05, 0) is 11.6 Å². The van der Waals surface area contributed by atoms with E-state index in [1.165, 1.54) is 5.56 Å². The van der Waals surface area contributed by atoms with Gasteiger partial charge in [-0.1, -0.05) is 30.3 Å². The first-order valence-electron chi connectivity index (χ1n) is 3.96. The highest BCUT2D eigenvalue weighted by Gasteiger charge is 1.91. The second kappa shape index (κ2) is 3.22. The average molecular weight is 160 g/mol. The molecule has 0 aliphatic rings. The second-order valence-electron chi connectivity index (χ2n) is 2.69. The van der Waals surface area contributed by atoms with Crippen LogP contribution < -0.4 is 0 Å². The van der Waals surface area contributed by atoms with Crippen molar-refractivity contribution >= 4 is 0 Å². The van der Waals surface area contributed by atoms with Crippen molar-refractivity contribution in [3.05, 3.63) is 54.4 Å². The molecule has 1 heterocycles. The van der Waals surface area contributed by atoms with Crippen molar-refractivity contribution in [3.63, 3.8) is 0 Å². The molecule has 0 aliphatic heterocycles. The van der Waals surface area contributed by atoms with E-state index in [1.807, 2.05) is 35.1 Å². The third-order valence-electron chi connectivity index (χ3n) is 1.75. The van der Waals surface area contributed by atoms with Gasteiger partial charge in [0, 0.05) is 12.4 Å². The van der Waals surface area contributed by atoms with Gasteiger partial charge in [0.25, 0.3) is 0 Å². The summed E-state index contributed by atoms with van der Waals surface area (Å²) in [4.78, 5) is 0. The van der Waals surface area contributed by atoms with Gasteiger partial charge >= 0.3 is 0 Å². The lowest BCUT2D eigenvalue weighted by atomic mass is 10.2. The molecule has 1 aromatic carbocycles. The first-order chi connectivity index (χ1) is 5.95. The van der Waals surface area contributed by atoms with Crippen LogP contribution in [0, 0.1) is 0 Å². The Kier molecular flexibility index (Phi) is 1.90. The van der Waals surface area contributed by atoms with Crippen LogP contribution in [-0.2, 0) is 6.54 Å². The number of hydrogen-bond acceptors (Lipinski definition) is 1. The Morgan fingerprint density at radius 3 is 2.58 bits per heavy atom. The van der Waals surface area contributed by atoms with Gasteiger partial charge in [-0.2, -0.15) is 5.10 Å². The SMILES string of the molecule is c1ccc(C[15n]2ccc[15n]2)cc1. The van der Waals surface area contributed by atoms with Crippen molar-refractivity contribution < 1.29 is 0 Å². The van der Waals surface area contributed by atoms with E-state index >= 15 is 0 Å². The normalized spacial score (nSPS) is 10.0. The van der Waals surface area contributed by atoms with Crippen molar-refractivity contribution in [3.8, 4) is 0 Å². The maximum atomic E-state index is 4.13. The van der Waals surface area contributed by atoms with E-state index < -0.39 is 0 Å². The van der Waals surface area contributed by atoms with Crippen LogP contribution in [-0.4, -0.2) is 9.78 Å². The molecule has 2 aromatic rings. The monoisotopic (exact) mass is 160 g/mol. The zero-order valence-electron chi connectivity index (χ0n) is 6.72. The molecule has 60 valence electrons. The number of aromatic nitrogens is 2. The van der Waals surface area contributed by atoms with Gasteiger partial charge in [0.1, 0.15) is 0 Å². The van der Waals surface area contributed by atoms with Crippen LogP contribution >= 0.6 is 0 Å². The molecule has 0 saturated carbocycles. The zero-order valence-corrected chi connectivity index (χ0v) is 6.72. The minimum atomic E-state index is 0.855. The van der Waals surface area contributed by atoms with E-state index in [2.05, 4.69) is 17.2 Å². The average Bonchev–Trinajstić information content (AvgIpc) is 2.59. The highest BCUT2D eigenvalue weighted by molar-refractivity contribution is 5.14. The Morgan fingerprint density at radius 2 is 1.92 bits per heavy atom. The van der Waals surface area contributed by atoms with Gasteiger partial charge in [-0.3, -0.25) is 4.68 Å². The van der Waals surface area contributed by atoms with Crippen molar-refractivity contribution in [2.45, 2.75) is 6.54 Å². The van der Waals surface area contributed by atoms with Crippen LogP contribution in [0.2, 0.25) is 0 Å². The number of nitrogens with zero attached hydrogens (tertiary/aromatic N) is 2. The Bertz CT molecular complexity index is 324. The smallest absolute Gasteiger partial charge is 0.0659 e. The lowest BCUT2D eigenvalue weighted by Gasteiger charge is -1.99. The molecule has 0 bridgehead atoms. The summed E-state index contributed by atoms with van der Waals surface area (Å²) < 4.78 is 1.91. The Hall–Kier alpha value is -1.57. The lowest BCUT2D eigenvalue weighted by Crippen LogP contribution is -1.98. The lowest BCUT2D eigenvalue weighted by molar-refractivity contribution is 0.687. The molecule has 0 atom stereocenters. The predicted octanol–water partition coefficient (Wildman–Crippen LogP) is 1.93. The van der Waals surface area contributed by atoms with Crippen molar-refractivity contribution in [2.24, 2.45) is 0 Å². The molecule has 0 fully saturated rings. The summed E-state index contributed by atoms with van der Waals surface area (Å²) in [7, 11) is 0. The van der Waals surface area contributed by atoms with Crippen LogP contribution in [0.3, 0.4) is 0 Å². The van der Waals surface area contributed by atoms with E-state index in [0.29, 0.717) is 0 Å². The largest absolute Gasteiger partial charge is 0.268 e. The molecule has 0 N–H and O–H groups in total. The maximum Gasteiger partial charge on any atom is 0.0659 e. The first kappa shape index (κ1) is 7.10. The molecule has 0 unspecified atom stereocenters. The van der Waals surface area contributed by atoms with Crippen molar-refractivity contribution in [2.75, 3.05) is 0 Å². The minimum absolute atomic E-state index is 0.855. The summed E-state index contributed by atoms with van der Waals surface area (Å²) in [5.74, 6) is 0. The van der Waals surface area contributed by atoms with Crippen molar-refractivity contribution in [1.82, 2.24) is 9.78 Å². The summed E-state index contributed by atoms with van der Waals surface area (Å²) in [5.41, 5.74) is 1.28. The molecule has 0 saturated heterocycles. The fourth-order valence-electron chi connectivity index (χ4n) is 1.16. The van der Waals surface area contributed by atoms with Gasteiger partial charge in [0.2, 0.25) is 0 Å². The number of hydrogen-bond donors (Lipinski definition) is 0. The predicted molar refractivity (Wildman–Crippen MR) is 47.8 cm³/mol. The Labute approximate surface area is 71.5 Å². The van der Waals surface area contributed by atoms with Crippen LogP contribution in [0.25, 0.3) is 0 Å². The quantitative estimate of drug-likeness (QED) is 0.656. The molecule has 0 amide bonds. The van der Waals surface area contributed by atoms with E-state index in [1.54, 1.807) is 6.20 Å². The van der Waals surface area contributed by atoms with E-state index in [0.717, 1.165) is 6.54 Å². The maximum absolute atomic E-state index is 4.13. The topological polar surface area (TPSA) is 17.8 Å². The van der Waals surface area contributed by atoms with Crippen LogP contribution in [0.15, 0.2) is 48.8 Å². The summed E-state index contributed by atoms with van der Waals surface area (Å²) in [5, 5.41) is 4.13. The van der Waals surface area contributed by atoms with Gasteiger partial charge in [0.15, 0.2) is 0 Å². The summed E-state index contributed by atoms with van der Waals surface area (Å²) >= 11 is 0. The van der Waals surface area contributed by atoms with Gasteiger partial charge in [-0.15, -0.1) is 0 Å². The molecule has 12 heavy (non-hydrogen) atoms. The highest BCUT2D eigenvalue weighted by Crippen LogP contribution is 2.00. The third-order valence-corrected chi connectivity index (χ3v) is 1.75. The standard InChI is InChI=1S/C10H10N2/c1-2-5-10(6-3-1)9-12-8-4-7-11-12/h1-8H,9H2/i11+1,12+1. The second-order valence-corrected chi connectivity index (χ2v) is 2.69. The molecule has 2 heteroatoms. The summed E-state index contributed by atoms with van der Waals surface area (Å²) in [6.45, 7) is 0.855. The van der Waals surface area contributed by atoms with Crippen LogP contribution in [0.4, 0.5) is 0 Å². The Morgan fingerprint density at radius 1 is 1.08 bits per heavy atom. The number of benzene rings is 1. The molecular formula is C10H10N2. The van der Waals surface area contributed by atoms with E-state index in [4.69, 9.17) is 0 Å². The van der Waals surface area contributed by atoms with Gasteiger partial charge in [-0.25, -0.2) is 0 Å². The molecule has 2 nitrogen and oxygen atoms in total. The summed E-state index contributed by atoms with van der Waals surface area (Å²) in [6, 6.07) is 12.2. The highest BCUT2D eigenvalue weighted by atomic mass is 16.1. The minimum Gasteiger partial charge on any atom is -0.268 e. The van der Waals surface area contributed by atoms with Crippen molar-refractivity contribution in [1.29, 1.82) is 0 Å². The molecule has 2 rings (SSSR count). The van der Waals surface area contributed by atoms with Crippen LogP contribution in [0.1, 0.15) is 5.56 Å². The molecule has 0 spiro atoms. The fraction of sp³-hybridized carbons (Fsp3) is 0.100. The molecule has 0 aliphatic carbocycles. The van der Waals surface area contributed by atoms with Crippen LogP contribution in [0.5, 0.6) is 0 Å². The fourth-order valence-corrected chi connectivity index (χ4v) is 1.16. The van der Waals surface area contributed by atoms with Gasteiger partial charge < -0.3 is 0 Å². The molecule has 0 radical (unpaired) electrons. The number of rotatable bonds is 2. The van der Waals surface area contributed by atoms with E-state index in [-0.39, 0.29) is 0 Å². The molecule has 1 aromatic heterocycles. The Balaban J connectivity index is 2.15.